The molecule has 0 spiro atoms. The maximum Gasteiger partial charge on any atom is 0.0443 e. The van der Waals surface area contributed by atoms with Crippen molar-refractivity contribution in [1.82, 2.24) is 5.32 Å². The Kier molecular flexibility index (Phi) is 3.02. The summed E-state index contributed by atoms with van der Waals surface area (Å²) in [4.78, 5) is 0. The summed E-state index contributed by atoms with van der Waals surface area (Å²) >= 11 is 0. The smallest absolute Gasteiger partial charge is 0.0443 e. The van der Waals surface area contributed by atoms with Crippen molar-refractivity contribution in [1.29, 1.82) is 0 Å². The Morgan fingerprint density at radius 1 is 1.06 bits per heavy atom. The van der Waals surface area contributed by atoms with Gasteiger partial charge in [0, 0.05) is 13.2 Å². The fourth-order valence-corrected chi connectivity index (χ4v) is 6.44. The number of hydrogen-bond donors (Lipinski definition) is 2. The molecule has 2 N–H and O–H groups in total. The number of rotatable bonds is 5. The highest BCUT2D eigenvalue weighted by Gasteiger charge is 2.59. The largest absolute Gasteiger partial charge is 0.396 e. The Morgan fingerprint density at radius 2 is 1.72 bits per heavy atom. The summed E-state index contributed by atoms with van der Waals surface area (Å²) in [5, 5.41) is 12.5. The topological polar surface area (TPSA) is 32.3 Å². The third-order valence-corrected chi connectivity index (χ3v) is 5.75. The van der Waals surface area contributed by atoms with E-state index < -0.39 is 0 Å². The van der Waals surface area contributed by atoms with E-state index in [4.69, 9.17) is 5.11 Å². The fraction of sp³-hybridized carbons (Fsp3) is 1.00. The first-order chi connectivity index (χ1) is 8.47. The lowest BCUT2D eigenvalue weighted by atomic mass is 9.40. The van der Waals surface area contributed by atoms with Gasteiger partial charge in [0.2, 0.25) is 0 Å². The van der Waals surface area contributed by atoms with E-state index in [0.29, 0.717) is 22.9 Å². The van der Waals surface area contributed by atoms with E-state index in [1.54, 1.807) is 0 Å². The van der Waals surface area contributed by atoms with Gasteiger partial charge in [-0.25, -0.2) is 0 Å². The zero-order valence-electron chi connectivity index (χ0n) is 12.1. The van der Waals surface area contributed by atoms with Crippen molar-refractivity contribution < 1.29 is 5.11 Å². The van der Waals surface area contributed by atoms with Crippen LogP contribution in [0.1, 0.15) is 58.8 Å². The van der Waals surface area contributed by atoms with Crippen LogP contribution >= 0.6 is 0 Å². The summed E-state index contributed by atoms with van der Waals surface area (Å²) in [5.74, 6) is 0.996. The van der Waals surface area contributed by atoms with Crippen molar-refractivity contribution in [3.05, 3.63) is 0 Å². The Morgan fingerprint density at radius 3 is 2.28 bits per heavy atom. The van der Waals surface area contributed by atoms with Crippen LogP contribution in [0.4, 0.5) is 0 Å². The standard InChI is InChI=1S/C16H29NO/c1-14-6-13-7-15(2,9-14)11-16(8-13,10-14)12-17-4-3-5-18/h13,17-18H,3-12H2,1-2H3. The molecule has 0 aliphatic heterocycles. The van der Waals surface area contributed by atoms with E-state index in [2.05, 4.69) is 19.2 Å². The molecule has 4 aliphatic rings. The van der Waals surface area contributed by atoms with Gasteiger partial charge >= 0.3 is 0 Å². The van der Waals surface area contributed by atoms with Crippen LogP contribution in [-0.4, -0.2) is 24.8 Å². The van der Waals surface area contributed by atoms with Gasteiger partial charge in [-0.2, -0.15) is 0 Å². The zero-order valence-corrected chi connectivity index (χ0v) is 12.1. The molecule has 2 heteroatoms. The molecule has 0 aromatic carbocycles. The molecule has 4 saturated carbocycles. The van der Waals surface area contributed by atoms with Crippen LogP contribution in [0.5, 0.6) is 0 Å². The second kappa shape index (κ2) is 4.21. The van der Waals surface area contributed by atoms with Gasteiger partial charge in [-0.1, -0.05) is 13.8 Å². The van der Waals surface area contributed by atoms with E-state index in [1.165, 1.54) is 45.1 Å². The van der Waals surface area contributed by atoms with Crippen molar-refractivity contribution in [2.24, 2.45) is 22.2 Å². The highest BCUT2D eigenvalue weighted by molar-refractivity contribution is 5.10. The molecule has 2 unspecified atom stereocenters. The molecule has 4 rings (SSSR count). The summed E-state index contributed by atoms with van der Waals surface area (Å²) in [6.45, 7) is 7.57. The summed E-state index contributed by atoms with van der Waals surface area (Å²) in [5.41, 5.74) is 1.85. The molecule has 104 valence electrons. The molecule has 4 aliphatic carbocycles. The van der Waals surface area contributed by atoms with Gasteiger partial charge < -0.3 is 10.4 Å². The lowest BCUT2D eigenvalue weighted by Crippen LogP contribution is -2.57. The van der Waals surface area contributed by atoms with E-state index >= 15 is 0 Å². The first kappa shape index (κ1) is 12.9. The van der Waals surface area contributed by atoms with E-state index in [-0.39, 0.29) is 0 Å². The minimum atomic E-state index is 0.318. The summed E-state index contributed by atoms with van der Waals surface area (Å²) in [6, 6.07) is 0. The first-order valence-electron chi connectivity index (χ1n) is 7.78. The quantitative estimate of drug-likeness (QED) is 0.736. The molecule has 4 fully saturated rings. The van der Waals surface area contributed by atoms with Gasteiger partial charge in [-0.05, 0) is 73.7 Å². The average molecular weight is 251 g/mol. The number of nitrogens with one attached hydrogen (secondary N) is 1. The average Bonchev–Trinajstić information content (AvgIpc) is 2.19. The van der Waals surface area contributed by atoms with Gasteiger partial charge in [-0.15, -0.1) is 0 Å². The predicted octanol–water partition coefficient (Wildman–Crippen LogP) is 2.96. The third-order valence-electron chi connectivity index (χ3n) is 5.75. The Labute approximate surface area is 112 Å². The Bertz CT molecular complexity index is 309. The van der Waals surface area contributed by atoms with Gasteiger partial charge in [0.25, 0.3) is 0 Å². The van der Waals surface area contributed by atoms with Crippen molar-refractivity contribution >= 4 is 0 Å². The maximum absolute atomic E-state index is 8.87. The molecule has 0 aromatic heterocycles. The first-order valence-corrected chi connectivity index (χ1v) is 7.78. The predicted molar refractivity (Wildman–Crippen MR) is 74.4 cm³/mol. The molecule has 2 nitrogen and oxygen atoms in total. The van der Waals surface area contributed by atoms with Crippen molar-refractivity contribution in [3.63, 3.8) is 0 Å². The molecular weight excluding hydrogens is 222 g/mol. The van der Waals surface area contributed by atoms with Gasteiger partial charge in [-0.3, -0.25) is 0 Å². The van der Waals surface area contributed by atoms with Crippen LogP contribution in [-0.2, 0) is 0 Å². The van der Waals surface area contributed by atoms with Crippen LogP contribution in [0.15, 0.2) is 0 Å². The lowest BCUT2D eigenvalue weighted by molar-refractivity contribution is -0.143. The maximum atomic E-state index is 8.87. The highest BCUT2D eigenvalue weighted by atomic mass is 16.3. The molecule has 0 amide bonds. The van der Waals surface area contributed by atoms with Crippen LogP contribution in [0.2, 0.25) is 0 Å². The number of aliphatic hydroxyl groups excluding tert-OH is 1. The van der Waals surface area contributed by atoms with Crippen LogP contribution in [0.3, 0.4) is 0 Å². The monoisotopic (exact) mass is 251 g/mol. The summed E-state index contributed by atoms with van der Waals surface area (Å²) in [6.07, 6.45) is 9.69. The highest BCUT2D eigenvalue weighted by Crippen LogP contribution is 2.69. The molecular formula is C16H29NO. The second-order valence-electron chi connectivity index (χ2n) is 8.38. The van der Waals surface area contributed by atoms with Crippen LogP contribution in [0.25, 0.3) is 0 Å². The molecule has 0 aromatic rings. The molecule has 0 heterocycles. The van der Waals surface area contributed by atoms with Crippen LogP contribution < -0.4 is 5.32 Å². The number of aliphatic hydroxyl groups is 1. The molecule has 2 atom stereocenters. The zero-order chi connectivity index (χ0) is 12.9. The number of hydrogen-bond acceptors (Lipinski definition) is 2. The van der Waals surface area contributed by atoms with E-state index in [9.17, 15) is 0 Å². The van der Waals surface area contributed by atoms with Crippen LogP contribution in [0, 0.1) is 22.2 Å². The fourth-order valence-electron chi connectivity index (χ4n) is 6.44. The van der Waals surface area contributed by atoms with Crippen molar-refractivity contribution in [2.45, 2.75) is 58.8 Å². The Balaban J connectivity index is 1.69. The molecule has 0 saturated heterocycles. The SMILES string of the molecule is CC12CC3CC(C)(C1)CC(CNCCCO)(C3)C2. The van der Waals surface area contributed by atoms with E-state index in [1.807, 2.05) is 0 Å². The van der Waals surface area contributed by atoms with Gasteiger partial charge in [0.05, 0.1) is 0 Å². The minimum absolute atomic E-state index is 0.318. The Hall–Kier alpha value is -0.0800. The molecule has 18 heavy (non-hydrogen) atoms. The molecule has 4 bridgehead atoms. The van der Waals surface area contributed by atoms with E-state index in [0.717, 1.165) is 18.9 Å². The normalized spacial score (nSPS) is 49.8. The van der Waals surface area contributed by atoms with Crippen molar-refractivity contribution in [2.75, 3.05) is 19.7 Å². The van der Waals surface area contributed by atoms with Gasteiger partial charge in [0.15, 0.2) is 0 Å². The minimum Gasteiger partial charge on any atom is -0.396 e. The summed E-state index contributed by atoms with van der Waals surface area (Å²) in [7, 11) is 0. The lowest BCUT2D eigenvalue weighted by Gasteiger charge is -2.65. The van der Waals surface area contributed by atoms with Gasteiger partial charge in [0.1, 0.15) is 0 Å². The summed E-state index contributed by atoms with van der Waals surface area (Å²) < 4.78 is 0. The second-order valence-corrected chi connectivity index (χ2v) is 8.38. The van der Waals surface area contributed by atoms with Crippen molar-refractivity contribution in [3.8, 4) is 0 Å². The third kappa shape index (κ3) is 2.22. The molecule has 0 radical (unpaired) electrons.